The summed E-state index contributed by atoms with van der Waals surface area (Å²) in [4.78, 5) is 16.7. The van der Waals surface area contributed by atoms with Gasteiger partial charge in [-0.2, -0.15) is 0 Å². The average Bonchev–Trinajstić information content (AvgIpc) is 3.36. The van der Waals surface area contributed by atoms with Gasteiger partial charge in [0.1, 0.15) is 11.6 Å². The molecule has 202 valence electrons. The van der Waals surface area contributed by atoms with Crippen molar-refractivity contribution in [3.05, 3.63) is 84.7 Å². The van der Waals surface area contributed by atoms with Crippen LogP contribution >= 0.6 is 0 Å². The zero-order valence-corrected chi connectivity index (χ0v) is 22.9. The fraction of sp³-hybridized carbons (Fsp3) is 0.344. The van der Waals surface area contributed by atoms with E-state index < -0.39 is 0 Å². The molecular weight excluding hydrogens is 486 g/mol. The van der Waals surface area contributed by atoms with E-state index in [1.807, 2.05) is 54.3 Å². The van der Waals surface area contributed by atoms with E-state index >= 15 is 0 Å². The predicted molar refractivity (Wildman–Crippen MR) is 155 cm³/mol. The van der Waals surface area contributed by atoms with Crippen molar-refractivity contribution in [1.82, 2.24) is 24.6 Å². The highest BCUT2D eigenvalue weighted by Gasteiger charge is 2.19. The quantitative estimate of drug-likeness (QED) is 0.252. The van der Waals surface area contributed by atoms with Crippen LogP contribution in [0.4, 0.5) is 0 Å². The Labute approximate surface area is 231 Å². The molecule has 1 aromatic heterocycles. The summed E-state index contributed by atoms with van der Waals surface area (Å²) in [6.07, 6.45) is 3.38. The lowest BCUT2D eigenvalue weighted by atomic mass is 10.0. The van der Waals surface area contributed by atoms with Crippen LogP contribution in [0.25, 0.3) is 28.2 Å². The lowest BCUT2D eigenvalue weighted by Crippen LogP contribution is -2.47. The molecule has 2 heterocycles. The first-order chi connectivity index (χ1) is 19.1. The highest BCUT2D eigenvalue weighted by atomic mass is 16.5. The van der Waals surface area contributed by atoms with Gasteiger partial charge >= 0.3 is 0 Å². The van der Waals surface area contributed by atoms with Gasteiger partial charge in [0.2, 0.25) is 5.91 Å². The van der Waals surface area contributed by atoms with Gasteiger partial charge in [0.15, 0.2) is 5.82 Å². The number of benzene rings is 3. The lowest BCUT2D eigenvalue weighted by molar-refractivity contribution is -0.132. The molecule has 7 heteroatoms. The first-order valence-corrected chi connectivity index (χ1v) is 13.9. The zero-order chi connectivity index (χ0) is 27.0. The molecule has 4 aromatic rings. The third-order valence-corrected chi connectivity index (χ3v) is 7.33. The minimum absolute atomic E-state index is 0.279. The number of para-hydroxylation sites is 2. The number of aryl methyl sites for hydroxylation is 1. The molecule has 1 aliphatic rings. The smallest absolute Gasteiger partial charge is 0.222 e. The highest BCUT2D eigenvalue weighted by molar-refractivity contribution is 5.76. The van der Waals surface area contributed by atoms with Crippen molar-refractivity contribution in [2.75, 3.05) is 39.8 Å². The van der Waals surface area contributed by atoms with Gasteiger partial charge in [0.05, 0.1) is 12.3 Å². The number of nitrogens with zero attached hydrogens (tertiary/aromatic N) is 5. The number of ether oxygens (including phenoxy) is 1. The predicted octanol–water partition coefficient (Wildman–Crippen LogP) is 5.62. The number of unbranched alkanes of at least 4 members (excludes halogenated alkanes) is 2. The summed E-state index contributed by atoms with van der Waals surface area (Å²) in [5, 5.41) is 8.89. The van der Waals surface area contributed by atoms with Crippen molar-refractivity contribution < 1.29 is 9.53 Å². The van der Waals surface area contributed by atoms with Crippen LogP contribution in [0.3, 0.4) is 0 Å². The second-order valence-electron chi connectivity index (χ2n) is 10.2. The average molecular weight is 524 g/mol. The molecule has 0 aliphatic carbocycles. The Kier molecular flexibility index (Phi) is 8.68. The van der Waals surface area contributed by atoms with Crippen LogP contribution in [0.5, 0.6) is 5.75 Å². The minimum atomic E-state index is 0.279. The molecule has 0 saturated carbocycles. The molecular formula is C32H37N5O2. The Morgan fingerprint density at radius 2 is 1.44 bits per heavy atom. The van der Waals surface area contributed by atoms with Crippen molar-refractivity contribution in [2.24, 2.45) is 0 Å². The maximum atomic E-state index is 12.5. The van der Waals surface area contributed by atoms with E-state index in [2.05, 4.69) is 63.1 Å². The Hall–Kier alpha value is -3.97. The zero-order valence-electron chi connectivity index (χ0n) is 22.9. The molecule has 7 nitrogen and oxygen atoms in total. The van der Waals surface area contributed by atoms with Gasteiger partial charge in [0.25, 0.3) is 0 Å². The molecule has 1 fully saturated rings. The number of aromatic nitrogens is 3. The molecule has 0 bridgehead atoms. The van der Waals surface area contributed by atoms with Crippen LogP contribution < -0.4 is 4.74 Å². The number of carbonyl (C=O) groups is 1. The van der Waals surface area contributed by atoms with E-state index in [9.17, 15) is 4.79 Å². The van der Waals surface area contributed by atoms with Crippen LogP contribution in [-0.4, -0.2) is 70.3 Å². The largest absolute Gasteiger partial charge is 0.491 e. The fourth-order valence-corrected chi connectivity index (χ4v) is 5.00. The first-order valence-electron chi connectivity index (χ1n) is 13.9. The van der Waals surface area contributed by atoms with Gasteiger partial charge < -0.3 is 14.5 Å². The van der Waals surface area contributed by atoms with Crippen molar-refractivity contribution >= 4 is 5.91 Å². The molecule has 0 radical (unpaired) electrons. The number of carbonyl (C=O) groups excluding carboxylic acids is 1. The first kappa shape index (κ1) is 26.6. The van der Waals surface area contributed by atoms with Gasteiger partial charge in [-0.05, 0) is 56.5 Å². The Morgan fingerprint density at radius 3 is 2.21 bits per heavy atom. The maximum Gasteiger partial charge on any atom is 0.222 e. The SMILES string of the molecule is Cc1nnc(-c2ccc(-c3ccccc3)cc2)n1-c1ccccc1OCCCCCC(=O)N1CCN(C)CC1. The fourth-order valence-electron chi connectivity index (χ4n) is 5.00. The molecule has 5 rings (SSSR count). The summed E-state index contributed by atoms with van der Waals surface area (Å²) < 4.78 is 8.30. The van der Waals surface area contributed by atoms with Crippen LogP contribution in [0, 0.1) is 6.92 Å². The summed E-state index contributed by atoms with van der Waals surface area (Å²) in [5.74, 6) is 2.67. The van der Waals surface area contributed by atoms with Crippen LogP contribution in [0.2, 0.25) is 0 Å². The molecule has 1 saturated heterocycles. The van der Waals surface area contributed by atoms with Gasteiger partial charge in [-0.3, -0.25) is 9.36 Å². The van der Waals surface area contributed by atoms with E-state index in [1.165, 1.54) is 5.56 Å². The summed E-state index contributed by atoms with van der Waals surface area (Å²) in [6.45, 7) is 6.18. The molecule has 1 amide bonds. The standard InChI is InChI=1S/C32H37N5O2/c1-25-33-34-32(28-18-16-27(17-19-28)26-11-5-3-6-12-26)37(25)29-13-8-9-14-30(29)39-24-10-4-7-15-31(38)36-22-20-35(2)21-23-36/h3,5-6,8-9,11-14,16-19H,4,7,10,15,20-24H2,1-2H3. The Morgan fingerprint density at radius 1 is 0.769 bits per heavy atom. The highest BCUT2D eigenvalue weighted by Crippen LogP contribution is 2.30. The van der Waals surface area contributed by atoms with E-state index in [0.29, 0.717) is 13.0 Å². The van der Waals surface area contributed by atoms with E-state index in [-0.39, 0.29) is 5.91 Å². The number of hydrogen-bond donors (Lipinski definition) is 0. The summed E-state index contributed by atoms with van der Waals surface area (Å²) in [7, 11) is 2.11. The Bertz CT molecular complexity index is 1360. The van der Waals surface area contributed by atoms with Crippen molar-refractivity contribution in [3.8, 4) is 34.0 Å². The topological polar surface area (TPSA) is 63.5 Å². The number of rotatable bonds is 10. The van der Waals surface area contributed by atoms with Gasteiger partial charge in [-0.25, -0.2) is 0 Å². The monoisotopic (exact) mass is 523 g/mol. The summed E-state index contributed by atoms with van der Waals surface area (Å²) >= 11 is 0. The minimum Gasteiger partial charge on any atom is -0.491 e. The van der Waals surface area contributed by atoms with Crippen LogP contribution in [-0.2, 0) is 4.79 Å². The third kappa shape index (κ3) is 6.55. The lowest BCUT2D eigenvalue weighted by Gasteiger charge is -2.32. The van der Waals surface area contributed by atoms with Crippen molar-refractivity contribution in [3.63, 3.8) is 0 Å². The van der Waals surface area contributed by atoms with Gasteiger partial charge in [-0.1, -0.05) is 66.7 Å². The van der Waals surface area contributed by atoms with Crippen molar-refractivity contribution in [2.45, 2.75) is 32.6 Å². The summed E-state index contributed by atoms with van der Waals surface area (Å²) in [6, 6.07) is 26.8. The van der Waals surface area contributed by atoms with E-state index in [1.54, 1.807) is 0 Å². The normalized spacial score (nSPS) is 13.9. The van der Waals surface area contributed by atoms with E-state index in [0.717, 1.165) is 79.7 Å². The third-order valence-electron chi connectivity index (χ3n) is 7.33. The number of hydrogen-bond acceptors (Lipinski definition) is 5. The molecule has 0 unspecified atom stereocenters. The van der Waals surface area contributed by atoms with Gasteiger partial charge in [0, 0.05) is 38.2 Å². The van der Waals surface area contributed by atoms with Gasteiger partial charge in [-0.15, -0.1) is 10.2 Å². The number of amides is 1. The number of piperazine rings is 1. The molecule has 3 aromatic carbocycles. The van der Waals surface area contributed by atoms with Crippen molar-refractivity contribution in [1.29, 1.82) is 0 Å². The second kappa shape index (κ2) is 12.7. The maximum absolute atomic E-state index is 12.5. The van der Waals surface area contributed by atoms with Crippen LogP contribution in [0.1, 0.15) is 31.5 Å². The van der Waals surface area contributed by atoms with Crippen LogP contribution in [0.15, 0.2) is 78.9 Å². The Balaban J connectivity index is 1.20. The molecule has 39 heavy (non-hydrogen) atoms. The summed E-state index contributed by atoms with van der Waals surface area (Å²) in [5.41, 5.74) is 4.27. The second-order valence-corrected chi connectivity index (χ2v) is 10.2. The molecule has 0 N–H and O–H groups in total. The molecule has 1 aliphatic heterocycles. The molecule has 0 atom stereocenters. The van der Waals surface area contributed by atoms with E-state index in [4.69, 9.17) is 4.74 Å². The number of likely N-dealkylation sites (N-methyl/N-ethyl adjacent to an activating group) is 1. The molecule has 0 spiro atoms.